The smallest absolute Gasteiger partial charge is 0.137 e. The minimum absolute atomic E-state index is 0.131. The van der Waals surface area contributed by atoms with Gasteiger partial charge in [-0.3, -0.25) is 0 Å². The van der Waals surface area contributed by atoms with Crippen LogP contribution in [-0.2, 0) is 10.8 Å². The molecule has 77 heavy (non-hydrogen) atoms. The Morgan fingerprint density at radius 2 is 0.753 bits per heavy atom. The molecule has 0 saturated carbocycles. The van der Waals surface area contributed by atoms with Gasteiger partial charge < -0.3 is 14.5 Å². The highest BCUT2D eigenvalue weighted by Gasteiger charge is 2.38. The van der Waals surface area contributed by atoms with E-state index in [1.54, 1.807) is 0 Å². The van der Waals surface area contributed by atoms with Crippen molar-refractivity contribution >= 4 is 93.0 Å². The van der Waals surface area contributed by atoms with Crippen LogP contribution in [-0.4, -0.2) is 16.1 Å². The standard InChI is InChI=1S/C72H64N2OSi2/c1-71(2)63-23-15-13-19-53(63)55-37-30-47(40-65(55)71)73(45-26-33-50(34-27-45)76(5,6)7)49-32-39-58-62-43-60-52-18-11-12-21-57(52)67(44-61(60)59-22-17-25-68(70(59)62)75-69(58)42-49)74(46-28-35-51(36-29-46)77(8,9)10)48-31-38-56-54-20-14-16-24-64(54)72(3,4)66(56)41-48/h11-44H,1-10H3. The van der Waals surface area contributed by atoms with Crippen molar-refractivity contribution in [3.63, 3.8) is 0 Å². The first kappa shape index (κ1) is 47.5. The van der Waals surface area contributed by atoms with E-state index in [2.05, 4.69) is 283 Å². The van der Waals surface area contributed by atoms with Crippen LogP contribution < -0.4 is 24.9 Å². The summed E-state index contributed by atoms with van der Waals surface area (Å²) in [5.41, 5.74) is 19.6. The van der Waals surface area contributed by atoms with Crippen molar-refractivity contribution < 1.29 is 4.74 Å². The number of rotatable bonds is 8. The van der Waals surface area contributed by atoms with Crippen molar-refractivity contribution in [2.45, 2.75) is 77.8 Å². The summed E-state index contributed by atoms with van der Waals surface area (Å²) in [6, 6.07) is 78.3. The Labute approximate surface area is 456 Å². The van der Waals surface area contributed by atoms with Crippen LogP contribution in [0.25, 0.3) is 65.7 Å². The van der Waals surface area contributed by atoms with Gasteiger partial charge in [0.1, 0.15) is 11.5 Å². The zero-order valence-corrected chi connectivity index (χ0v) is 47.9. The fourth-order valence-corrected chi connectivity index (χ4v) is 15.7. The van der Waals surface area contributed by atoms with E-state index >= 15 is 0 Å². The minimum atomic E-state index is -1.56. The quantitative estimate of drug-likeness (QED) is 0.111. The Hall–Kier alpha value is -7.97. The Bertz CT molecular complexity index is 4270. The van der Waals surface area contributed by atoms with E-state index in [4.69, 9.17) is 4.74 Å². The summed E-state index contributed by atoms with van der Waals surface area (Å²) in [5.74, 6) is 1.73. The average molecular weight is 1030 g/mol. The molecule has 5 heteroatoms. The van der Waals surface area contributed by atoms with Gasteiger partial charge in [0.2, 0.25) is 0 Å². The molecular weight excluding hydrogens is 965 g/mol. The van der Waals surface area contributed by atoms with Crippen molar-refractivity contribution in [3.05, 3.63) is 229 Å². The van der Waals surface area contributed by atoms with Gasteiger partial charge in [-0.2, -0.15) is 0 Å². The van der Waals surface area contributed by atoms with Crippen LogP contribution in [0.15, 0.2) is 206 Å². The summed E-state index contributed by atoms with van der Waals surface area (Å²) < 4.78 is 7.18. The van der Waals surface area contributed by atoms with Crippen LogP contribution in [0.3, 0.4) is 0 Å². The maximum atomic E-state index is 7.18. The molecule has 0 radical (unpaired) electrons. The molecule has 3 nitrogen and oxygen atoms in total. The third kappa shape index (κ3) is 7.27. The topological polar surface area (TPSA) is 15.7 Å². The van der Waals surface area contributed by atoms with E-state index in [0.29, 0.717) is 0 Å². The number of anilines is 6. The highest BCUT2D eigenvalue weighted by atomic mass is 28.3. The molecule has 2 aliphatic carbocycles. The molecule has 11 aromatic rings. The second-order valence-electron chi connectivity index (χ2n) is 25.0. The Morgan fingerprint density at radius 1 is 0.312 bits per heavy atom. The molecule has 0 fully saturated rings. The zero-order valence-electron chi connectivity index (χ0n) is 45.9. The third-order valence-corrected chi connectivity index (χ3v) is 21.7. The highest BCUT2D eigenvalue weighted by molar-refractivity contribution is 6.89. The molecule has 11 aromatic carbocycles. The van der Waals surface area contributed by atoms with Crippen molar-refractivity contribution in [1.29, 1.82) is 0 Å². The van der Waals surface area contributed by atoms with Crippen LogP contribution in [0.5, 0.6) is 11.5 Å². The van der Waals surface area contributed by atoms with Crippen molar-refractivity contribution in [2.24, 2.45) is 0 Å². The molecule has 0 bridgehead atoms. The average Bonchev–Trinajstić information content (AvgIpc) is 3.80. The highest BCUT2D eigenvalue weighted by Crippen LogP contribution is 2.56. The second-order valence-corrected chi connectivity index (χ2v) is 35.1. The third-order valence-electron chi connectivity index (χ3n) is 17.5. The van der Waals surface area contributed by atoms with Gasteiger partial charge >= 0.3 is 0 Å². The van der Waals surface area contributed by atoms with Crippen LogP contribution in [0.4, 0.5) is 34.1 Å². The molecule has 3 aliphatic rings. The van der Waals surface area contributed by atoms with Crippen LogP contribution >= 0.6 is 0 Å². The molecule has 0 amide bonds. The van der Waals surface area contributed by atoms with Gasteiger partial charge in [-0.05, 0) is 150 Å². The van der Waals surface area contributed by atoms with E-state index in [0.717, 1.165) is 56.6 Å². The van der Waals surface area contributed by atoms with Crippen molar-refractivity contribution in [2.75, 3.05) is 9.80 Å². The SMILES string of the molecule is CC1(C)c2ccccc2-c2ccc(N(c3ccc([Si](C)(C)C)cc3)c3ccc4c(c3)Oc3cccc5c3c-4cc3c4ccccc4c(N(c4ccc([Si](C)(C)C)cc4)c4ccc6c(c4)C(C)(C)c4ccccc4-6)cc53)cc21. The number of benzene rings is 11. The minimum Gasteiger partial charge on any atom is -0.456 e. The van der Waals surface area contributed by atoms with Crippen LogP contribution in [0.1, 0.15) is 49.9 Å². The Kier molecular flexibility index (Phi) is 10.3. The van der Waals surface area contributed by atoms with Crippen molar-refractivity contribution in [1.82, 2.24) is 0 Å². The Balaban J connectivity index is 0.940. The van der Waals surface area contributed by atoms with Gasteiger partial charge in [0.15, 0.2) is 0 Å². The molecule has 1 heterocycles. The lowest BCUT2D eigenvalue weighted by atomic mass is 9.82. The van der Waals surface area contributed by atoms with Crippen LogP contribution in [0.2, 0.25) is 39.3 Å². The van der Waals surface area contributed by atoms with Gasteiger partial charge in [0.05, 0.1) is 21.8 Å². The van der Waals surface area contributed by atoms with E-state index in [1.165, 1.54) is 87.4 Å². The maximum absolute atomic E-state index is 7.18. The summed E-state index contributed by atoms with van der Waals surface area (Å²) in [5, 5.41) is 10.1. The molecule has 0 unspecified atom stereocenters. The molecule has 0 N–H and O–H groups in total. The first-order chi connectivity index (χ1) is 36.9. The number of hydrogen-bond donors (Lipinski definition) is 0. The lowest BCUT2D eigenvalue weighted by Gasteiger charge is -2.31. The first-order valence-electron chi connectivity index (χ1n) is 27.5. The Morgan fingerprint density at radius 3 is 1.32 bits per heavy atom. The monoisotopic (exact) mass is 1030 g/mol. The lowest BCUT2D eigenvalue weighted by Crippen LogP contribution is -2.37. The molecule has 0 aromatic heterocycles. The van der Waals surface area contributed by atoms with Gasteiger partial charge in [0, 0.05) is 61.7 Å². The van der Waals surface area contributed by atoms with E-state index in [-0.39, 0.29) is 10.8 Å². The normalized spacial score (nSPS) is 14.4. The predicted molar refractivity (Wildman–Crippen MR) is 335 cm³/mol. The number of ether oxygens (including phenoxy) is 1. The van der Waals surface area contributed by atoms with Gasteiger partial charge in [0.25, 0.3) is 0 Å². The summed E-state index contributed by atoms with van der Waals surface area (Å²) in [6.45, 7) is 24.0. The summed E-state index contributed by atoms with van der Waals surface area (Å²) in [7, 11) is -3.10. The molecule has 0 saturated heterocycles. The number of nitrogens with zero attached hydrogens (tertiary/aromatic N) is 2. The molecule has 1 aliphatic heterocycles. The largest absolute Gasteiger partial charge is 0.456 e. The van der Waals surface area contributed by atoms with E-state index in [1.807, 2.05) is 0 Å². The summed E-state index contributed by atoms with van der Waals surface area (Å²) >= 11 is 0. The fourth-order valence-electron chi connectivity index (χ4n) is 13.3. The van der Waals surface area contributed by atoms with Gasteiger partial charge in [-0.1, -0.05) is 199 Å². The lowest BCUT2D eigenvalue weighted by molar-refractivity contribution is 0.487. The number of hydrogen-bond acceptors (Lipinski definition) is 3. The van der Waals surface area contributed by atoms with Gasteiger partial charge in [-0.15, -0.1) is 0 Å². The fraction of sp³-hybridized carbons (Fsp3) is 0.167. The van der Waals surface area contributed by atoms with Crippen molar-refractivity contribution in [3.8, 4) is 44.9 Å². The van der Waals surface area contributed by atoms with E-state index in [9.17, 15) is 0 Å². The molecule has 0 atom stereocenters. The summed E-state index contributed by atoms with van der Waals surface area (Å²) in [6.07, 6.45) is 0. The first-order valence-corrected chi connectivity index (χ1v) is 34.5. The number of fused-ring (bicyclic) bond motifs is 12. The van der Waals surface area contributed by atoms with Crippen LogP contribution in [0, 0.1) is 0 Å². The molecule has 376 valence electrons. The predicted octanol–water partition coefficient (Wildman–Crippen LogP) is 19.6. The molecular formula is C72H64N2OSi2. The second kappa shape index (κ2) is 16.8. The van der Waals surface area contributed by atoms with Gasteiger partial charge in [-0.25, -0.2) is 0 Å². The summed E-state index contributed by atoms with van der Waals surface area (Å²) in [4.78, 5) is 4.94. The molecule has 14 rings (SSSR count). The molecule has 0 spiro atoms. The zero-order chi connectivity index (χ0) is 52.9. The maximum Gasteiger partial charge on any atom is 0.137 e. The van der Waals surface area contributed by atoms with E-state index < -0.39 is 16.1 Å².